The Morgan fingerprint density at radius 1 is 1.21 bits per heavy atom. The van der Waals surface area contributed by atoms with Crippen LogP contribution in [0.4, 0.5) is 13.2 Å². The standard InChI is InChI=1S/C22H17ClF3N5OS/c23-18-19(21(32)30-9-2-1-6-15(30)13-5-3-8-27-12-13)29-31-17(22(24,25)26)11-14(28-20(18)31)16-7-4-10-33-16/h3-5,7-8,10-12,15H,1-2,6,9H2. The van der Waals surface area contributed by atoms with Crippen molar-refractivity contribution < 1.29 is 18.0 Å². The number of fused-ring (bicyclic) bond motifs is 1. The third-order valence-electron chi connectivity index (χ3n) is 5.63. The minimum absolute atomic E-state index is 0.122. The van der Waals surface area contributed by atoms with Crippen molar-refractivity contribution in [2.45, 2.75) is 31.5 Å². The summed E-state index contributed by atoms with van der Waals surface area (Å²) in [5.41, 5.74) is -0.502. The van der Waals surface area contributed by atoms with Crippen LogP contribution < -0.4 is 0 Å². The summed E-state index contributed by atoms with van der Waals surface area (Å²) in [6.07, 6.45) is 1.04. The van der Waals surface area contributed by atoms with E-state index in [0.29, 0.717) is 15.9 Å². The highest BCUT2D eigenvalue weighted by Crippen LogP contribution is 2.37. The lowest BCUT2D eigenvalue weighted by Gasteiger charge is -2.35. The van der Waals surface area contributed by atoms with E-state index in [0.717, 1.165) is 30.9 Å². The molecule has 5 heterocycles. The minimum atomic E-state index is -4.72. The quantitative estimate of drug-likeness (QED) is 0.358. The highest BCUT2D eigenvalue weighted by atomic mass is 35.5. The Kier molecular flexibility index (Phi) is 5.57. The Labute approximate surface area is 195 Å². The Balaban J connectivity index is 1.62. The molecule has 1 atom stereocenters. The molecule has 33 heavy (non-hydrogen) atoms. The molecular formula is C22H17ClF3N5OS. The fraction of sp³-hybridized carbons (Fsp3) is 0.273. The lowest BCUT2D eigenvalue weighted by Crippen LogP contribution is -2.39. The number of carbonyl (C=O) groups excluding carboxylic acids is 1. The predicted molar refractivity (Wildman–Crippen MR) is 118 cm³/mol. The highest BCUT2D eigenvalue weighted by Gasteiger charge is 2.38. The van der Waals surface area contributed by atoms with Gasteiger partial charge in [-0.2, -0.15) is 18.3 Å². The molecule has 0 saturated carbocycles. The molecule has 11 heteroatoms. The molecule has 0 radical (unpaired) electrons. The zero-order valence-corrected chi connectivity index (χ0v) is 18.7. The number of amides is 1. The molecular weight excluding hydrogens is 475 g/mol. The number of carbonyl (C=O) groups is 1. The maximum absolute atomic E-state index is 13.9. The first-order valence-electron chi connectivity index (χ1n) is 10.3. The number of pyridine rings is 1. The number of nitrogens with zero attached hydrogens (tertiary/aromatic N) is 5. The molecule has 6 nitrogen and oxygen atoms in total. The minimum Gasteiger partial charge on any atom is -0.330 e. The summed E-state index contributed by atoms with van der Waals surface area (Å²) >= 11 is 7.71. The third kappa shape index (κ3) is 3.97. The molecule has 0 spiro atoms. The second-order valence-electron chi connectivity index (χ2n) is 7.70. The van der Waals surface area contributed by atoms with Crippen molar-refractivity contribution in [3.63, 3.8) is 0 Å². The number of alkyl halides is 3. The Hall–Kier alpha value is -2.98. The first kappa shape index (κ1) is 21.8. The van der Waals surface area contributed by atoms with Gasteiger partial charge in [-0.15, -0.1) is 11.3 Å². The zero-order valence-electron chi connectivity index (χ0n) is 17.1. The number of likely N-dealkylation sites (tertiary alicyclic amines) is 1. The van der Waals surface area contributed by atoms with E-state index < -0.39 is 17.8 Å². The highest BCUT2D eigenvalue weighted by molar-refractivity contribution is 7.13. The molecule has 170 valence electrons. The van der Waals surface area contributed by atoms with Crippen molar-refractivity contribution in [3.05, 3.63) is 70.1 Å². The van der Waals surface area contributed by atoms with E-state index in [2.05, 4.69) is 15.1 Å². The zero-order chi connectivity index (χ0) is 23.2. The van der Waals surface area contributed by atoms with Gasteiger partial charge in [0.25, 0.3) is 5.91 Å². The molecule has 1 unspecified atom stereocenters. The van der Waals surface area contributed by atoms with E-state index in [1.165, 1.54) is 11.3 Å². The van der Waals surface area contributed by atoms with Crippen LogP contribution in [-0.2, 0) is 6.18 Å². The van der Waals surface area contributed by atoms with Crippen LogP contribution >= 0.6 is 22.9 Å². The van der Waals surface area contributed by atoms with Gasteiger partial charge in [-0.3, -0.25) is 9.78 Å². The number of rotatable bonds is 3. The molecule has 1 saturated heterocycles. The Bertz CT molecular complexity index is 1310. The van der Waals surface area contributed by atoms with Crippen molar-refractivity contribution in [2.75, 3.05) is 6.54 Å². The summed E-state index contributed by atoms with van der Waals surface area (Å²) in [7, 11) is 0. The van der Waals surface area contributed by atoms with Crippen LogP contribution in [0.1, 0.15) is 47.1 Å². The van der Waals surface area contributed by atoms with Crippen LogP contribution in [0.2, 0.25) is 5.02 Å². The van der Waals surface area contributed by atoms with Gasteiger partial charge in [0.2, 0.25) is 0 Å². The Morgan fingerprint density at radius 3 is 2.76 bits per heavy atom. The van der Waals surface area contributed by atoms with Crippen molar-refractivity contribution in [1.29, 1.82) is 0 Å². The topological polar surface area (TPSA) is 63.4 Å². The summed E-state index contributed by atoms with van der Waals surface area (Å²) in [4.78, 5) is 24.1. The van der Waals surface area contributed by atoms with Gasteiger partial charge in [-0.25, -0.2) is 9.50 Å². The smallest absolute Gasteiger partial charge is 0.330 e. The molecule has 1 aliphatic rings. The van der Waals surface area contributed by atoms with Gasteiger partial charge in [0.05, 0.1) is 16.6 Å². The summed E-state index contributed by atoms with van der Waals surface area (Å²) in [6, 6.07) is 7.74. The number of halogens is 4. The van der Waals surface area contributed by atoms with Gasteiger partial charge >= 0.3 is 6.18 Å². The molecule has 5 rings (SSSR count). The van der Waals surface area contributed by atoms with Crippen LogP contribution in [0.25, 0.3) is 16.2 Å². The van der Waals surface area contributed by atoms with Crippen LogP contribution in [0.5, 0.6) is 0 Å². The average Bonchev–Trinajstić information content (AvgIpc) is 3.47. The number of hydrogen-bond donors (Lipinski definition) is 0. The van der Waals surface area contributed by atoms with Crippen molar-refractivity contribution in [2.24, 2.45) is 0 Å². The fourth-order valence-corrected chi connectivity index (χ4v) is 5.04. The Morgan fingerprint density at radius 2 is 2.06 bits per heavy atom. The van der Waals surface area contributed by atoms with Crippen LogP contribution in [0, 0.1) is 0 Å². The van der Waals surface area contributed by atoms with E-state index in [1.807, 2.05) is 6.07 Å². The molecule has 0 aliphatic carbocycles. The van der Waals surface area contributed by atoms with Gasteiger partial charge in [-0.05, 0) is 48.4 Å². The lowest BCUT2D eigenvalue weighted by atomic mass is 9.96. The average molecular weight is 492 g/mol. The first-order valence-corrected chi connectivity index (χ1v) is 11.5. The monoisotopic (exact) mass is 491 g/mol. The number of hydrogen-bond acceptors (Lipinski definition) is 5. The molecule has 4 aromatic heterocycles. The summed E-state index contributed by atoms with van der Waals surface area (Å²) < 4.78 is 42.3. The van der Waals surface area contributed by atoms with E-state index in [9.17, 15) is 18.0 Å². The third-order valence-corrected chi connectivity index (χ3v) is 6.87. The van der Waals surface area contributed by atoms with Gasteiger partial charge < -0.3 is 4.90 Å². The molecule has 0 N–H and O–H groups in total. The SMILES string of the molecule is O=C(c1nn2c(C(F)(F)F)cc(-c3cccs3)nc2c1Cl)N1CCCCC1c1cccnc1. The predicted octanol–water partition coefficient (Wildman–Crippen LogP) is 5.89. The number of piperidine rings is 1. The van der Waals surface area contributed by atoms with Gasteiger partial charge in [-0.1, -0.05) is 23.7 Å². The molecule has 4 aromatic rings. The molecule has 0 bridgehead atoms. The largest absolute Gasteiger partial charge is 0.433 e. The molecule has 1 amide bonds. The normalized spacial score (nSPS) is 17.0. The van der Waals surface area contributed by atoms with Crippen molar-refractivity contribution >= 4 is 34.5 Å². The van der Waals surface area contributed by atoms with Crippen molar-refractivity contribution in [3.8, 4) is 10.6 Å². The molecule has 1 fully saturated rings. The van der Waals surface area contributed by atoms with Crippen LogP contribution in [-0.4, -0.2) is 36.9 Å². The van der Waals surface area contributed by atoms with E-state index >= 15 is 0 Å². The van der Waals surface area contributed by atoms with Crippen LogP contribution in [0.3, 0.4) is 0 Å². The van der Waals surface area contributed by atoms with Crippen LogP contribution in [0.15, 0.2) is 48.1 Å². The van der Waals surface area contributed by atoms with Gasteiger partial charge in [0.15, 0.2) is 17.0 Å². The maximum Gasteiger partial charge on any atom is 0.433 e. The second-order valence-corrected chi connectivity index (χ2v) is 9.02. The second kappa shape index (κ2) is 8.42. The summed E-state index contributed by atoms with van der Waals surface area (Å²) in [6.45, 7) is 0.447. The van der Waals surface area contributed by atoms with E-state index in [1.54, 1.807) is 40.9 Å². The maximum atomic E-state index is 13.9. The van der Waals surface area contributed by atoms with Gasteiger partial charge in [0, 0.05) is 18.9 Å². The van der Waals surface area contributed by atoms with Gasteiger partial charge in [0.1, 0.15) is 5.02 Å². The van der Waals surface area contributed by atoms with E-state index in [4.69, 9.17) is 11.6 Å². The van der Waals surface area contributed by atoms with Crippen molar-refractivity contribution in [1.82, 2.24) is 24.5 Å². The number of aromatic nitrogens is 4. The summed E-state index contributed by atoms with van der Waals surface area (Å²) in [5.74, 6) is -0.523. The summed E-state index contributed by atoms with van der Waals surface area (Å²) in [5, 5.41) is 5.55. The fourth-order valence-electron chi connectivity index (χ4n) is 4.11. The first-order chi connectivity index (χ1) is 15.8. The molecule has 0 aromatic carbocycles. The number of thiophene rings is 1. The lowest BCUT2D eigenvalue weighted by molar-refractivity contribution is -0.142. The molecule has 1 aliphatic heterocycles. The van der Waals surface area contributed by atoms with E-state index in [-0.39, 0.29) is 28.1 Å².